The molecule has 6 atom stereocenters. The summed E-state index contributed by atoms with van der Waals surface area (Å²) in [5.74, 6) is -1.22. The van der Waals surface area contributed by atoms with Gasteiger partial charge in [0.2, 0.25) is 11.8 Å². The summed E-state index contributed by atoms with van der Waals surface area (Å²) in [5, 5.41) is 22.8. The molecule has 18 heteroatoms. The fourth-order valence-electron chi connectivity index (χ4n) is 5.70. The number of aliphatic hydroxyl groups excluding tert-OH is 1. The van der Waals surface area contributed by atoms with E-state index in [2.05, 4.69) is 15.0 Å². The molecule has 1 aliphatic heterocycles. The third-order valence-electron chi connectivity index (χ3n) is 8.22. The number of methoxy groups -OCH3 is 1. The number of ether oxygens (including phenoxy) is 4. The molecule has 0 radical (unpaired) electrons. The molecule has 0 spiro atoms. The number of carbonyl (C=O) groups excluding carboxylic acids is 2. The predicted octanol–water partition coefficient (Wildman–Crippen LogP) is 2.37. The van der Waals surface area contributed by atoms with Crippen LogP contribution in [0.15, 0.2) is 6.33 Å². The Balaban J connectivity index is 2.04. The molecule has 3 heterocycles. The largest absolute Gasteiger partial charge is 0.479 e. The number of rotatable bonds is 17. The number of fused-ring (bicyclic) bond motifs is 1. The average Bonchev–Trinajstić information content (AvgIpc) is 3.53. The summed E-state index contributed by atoms with van der Waals surface area (Å²) < 4.78 is 47.5. The van der Waals surface area contributed by atoms with Gasteiger partial charge in [-0.2, -0.15) is 9.97 Å². The summed E-state index contributed by atoms with van der Waals surface area (Å²) in [6, 6.07) is -2.02. The molecular formula is C30H52N7O10P. The molecule has 1 saturated heterocycles. The first-order valence-electron chi connectivity index (χ1n) is 16.1. The van der Waals surface area contributed by atoms with Crippen LogP contribution in [-0.2, 0) is 32.9 Å². The van der Waals surface area contributed by atoms with Crippen molar-refractivity contribution in [2.75, 3.05) is 46.8 Å². The van der Waals surface area contributed by atoms with Crippen molar-refractivity contribution in [3.63, 3.8) is 0 Å². The van der Waals surface area contributed by atoms with E-state index >= 15 is 4.57 Å². The number of carbonyl (C=O) groups is 2. The number of aromatic nitrogens is 4. The van der Waals surface area contributed by atoms with Crippen LogP contribution < -0.4 is 10.5 Å². The Labute approximate surface area is 281 Å². The van der Waals surface area contributed by atoms with Gasteiger partial charge in [-0.3, -0.25) is 18.7 Å². The highest BCUT2D eigenvalue weighted by Crippen LogP contribution is 2.57. The standard InChI is InChI=1S/C30H52N7O10P/c1-11-44-26(39)19(13-17(3)4)35(8)48(42,36(9)20(14-18(5)6)27(40)45-12-2)46-15-21-23(38)30(7,41)28(47-21)37-16-32-22-24(37)33-29(31)34-25(22)43-10/h16-21,23,28,38,41H,11-15H2,1-10H3,(H2,31,33,34)/t19-,20-,21+,23?,28?,30?/m0/s1. The molecule has 0 saturated carbocycles. The van der Waals surface area contributed by atoms with Crippen LogP contribution in [0.4, 0.5) is 5.95 Å². The first-order valence-corrected chi connectivity index (χ1v) is 17.6. The normalized spacial score (nSPS) is 23.0. The van der Waals surface area contributed by atoms with Gasteiger partial charge in [0.05, 0.1) is 33.3 Å². The van der Waals surface area contributed by atoms with Crippen molar-refractivity contribution in [2.24, 2.45) is 11.8 Å². The Kier molecular flexibility index (Phi) is 13.3. The van der Waals surface area contributed by atoms with Crippen molar-refractivity contribution < 1.29 is 47.8 Å². The molecule has 2 aromatic rings. The molecule has 17 nitrogen and oxygen atoms in total. The molecule has 1 aliphatic rings. The minimum atomic E-state index is -4.32. The van der Waals surface area contributed by atoms with Gasteiger partial charge in [0.1, 0.15) is 29.9 Å². The zero-order valence-corrected chi connectivity index (χ0v) is 30.4. The maximum atomic E-state index is 15.2. The molecule has 4 N–H and O–H groups in total. The van der Waals surface area contributed by atoms with Crippen molar-refractivity contribution in [2.45, 2.75) is 97.4 Å². The molecule has 1 fully saturated rings. The van der Waals surface area contributed by atoms with Crippen molar-refractivity contribution in [3.8, 4) is 5.88 Å². The number of nitrogen functional groups attached to an aromatic ring is 1. The van der Waals surface area contributed by atoms with Crippen LogP contribution in [0.2, 0.25) is 0 Å². The number of nitrogens with two attached hydrogens (primary N) is 1. The lowest BCUT2D eigenvalue weighted by atomic mass is 9.96. The highest BCUT2D eigenvalue weighted by atomic mass is 31.2. The van der Waals surface area contributed by atoms with Crippen LogP contribution in [0.25, 0.3) is 11.2 Å². The van der Waals surface area contributed by atoms with Crippen molar-refractivity contribution >= 4 is 36.7 Å². The van der Waals surface area contributed by atoms with E-state index in [9.17, 15) is 19.8 Å². The van der Waals surface area contributed by atoms with E-state index in [1.165, 1.54) is 48.4 Å². The molecule has 0 aliphatic carbocycles. The SMILES string of the molecule is CCOC(=O)[C@H](CC(C)C)N(C)P(=O)(OC[C@H]1OC(n2cnc3c(OC)nc(N)nc32)C(C)(O)C1O)N(C)[C@@H](CC(C)C)C(=O)OCC. The lowest BCUT2D eigenvalue weighted by Gasteiger charge is -2.41. The van der Waals surface area contributed by atoms with E-state index in [1.807, 2.05) is 27.7 Å². The lowest BCUT2D eigenvalue weighted by Crippen LogP contribution is -2.48. The average molecular weight is 702 g/mol. The topological polar surface area (TPSA) is 214 Å². The highest BCUT2D eigenvalue weighted by molar-refractivity contribution is 7.54. The van der Waals surface area contributed by atoms with E-state index in [-0.39, 0.29) is 60.9 Å². The van der Waals surface area contributed by atoms with E-state index in [1.54, 1.807) is 13.8 Å². The number of hydrogen-bond donors (Lipinski definition) is 3. The fraction of sp³-hybridized carbons (Fsp3) is 0.767. The smallest absolute Gasteiger partial charge is 0.347 e. The molecule has 48 heavy (non-hydrogen) atoms. The number of aliphatic hydroxyl groups is 2. The first-order chi connectivity index (χ1) is 22.4. The van der Waals surface area contributed by atoms with E-state index < -0.39 is 62.3 Å². The van der Waals surface area contributed by atoms with E-state index in [0.717, 1.165) is 0 Å². The number of hydrogen-bond acceptors (Lipinski definition) is 14. The lowest BCUT2D eigenvalue weighted by molar-refractivity contribution is -0.148. The molecule has 3 rings (SSSR count). The van der Waals surface area contributed by atoms with Gasteiger partial charge in [-0.1, -0.05) is 27.7 Å². The first kappa shape index (κ1) is 39.5. The maximum absolute atomic E-state index is 15.2. The second kappa shape index (κ2) is 16.2. The Morgan fingerprint density at radius 3 is 2.04 bits per heavy atom. The molecule has 272 valence electrons. The summed E-state index contributed by atoms with van der Waals surface area (Å²) in [6.07, 6.45) is -2.16. The van der Waals surface area contributed by atoms with Crippen LogP contribution >= 0.6 is 7.67 Å². The molecular weight excluding hydrogens is 649 g/mol. The van der Waals surface area contributed by atoms with Gasteiger partial charge in [-0.15, -0.1) is 0 Å². The second-order valence-electron chi connectivity index (χ2n) is 12.8. The van der Waals surface area contributed by atoms with Crippen LogP contribution in [0.3, 0.4) is 0 Å². The van der Waals surface area contributed by atoms with E-state index in [4.69, 9.17) is 29.2 Å². The number of likely N-dealkylation sites (N-methyl/N-ethyl adjacent to an activating group) is 2. The van der Waals surface area contributed by atoms with Crippen molar-refractivity contribution in [3.05, 3.63) is 6.33 Å². The zero-order chi connectivity index (χ0) is 36.1. The second-order valence-corrected chi connectivity index (χ2v) is 15.3. The van der Waals surface area contributed by atoms with Gasteiger partial charge >= 0.3 is 19.6 Å². The fourth-order valence-corrected chi connectivity index (χ4v) is 7.93. The molecule has 3 unspecified atom stereocenters. The Morgan fingerprint density at radius 1 is 1.06 bits per heavy atom. The Hall–Kier alpha value is -2.92. The monoisotopic (exact) mass is 701 g/mol. The Bertz CT molecular complexity index is 1410. The summed E-state index contributed by atoms with van der Waals surface area (Å²) in [5.41, 5.74) is 4.37. The summed E-state index contributed by atoms with van der Waals surface area (Å²) in [4.78, 5) is 39.0. The van der Waals surface area contributed by atoms with Crippen molar-refractivity contribution in [1.29, 1.82) is 0 Å². The van der Waals surface area contributed by atoms with Crippen LogP contribution in [0, 0.1) is 11.8 Å². The zero-order valence-electron chi connectivity index (χ0n) is 29.5. The minimum absolute atomic E-state index is 0.00514. The van der Waals surface area contributed by atoms with E-state index in [0.29, 0.717) is 0 Å². The third kappa shape index (κ3) is 8.26. The number of nitrogens with zero attached hydrogens (tertiary/aromatic N) is 6. The summed E-state index contributed by atoms with van der Waals surface area (Å²) >= 11 is 0. The van der Waals surface area contributed by atoms with Crippen LogP contribution in [-0.4, -0.2) is 122 Å². The quantitative estimate of drug-likeness (QED) is 0.159. The highest BCUT2D eigenvalue weighted by Gasteiger charge is 2.55. The van der Waals surface area contributed by atoms with Gasteiger partial charge in [0.25, 0.3) is 0 Å². The molecule has 2 aromatic heterocycles. The van der Waals surface area contributed by atoms with Gasteiger partial charge < -0.3 is 39.4 Å². The third-order valence-corrected chi connectivity index (χ3v) is 10.9. The molecule has 0 bridgehead atoms. The number of esters is 2. The maximum Gasteiger partial charge on any atom is 0.347 e. The van der Waals surface area contributed by atoms with Crippen LogP contribution in [0.5, 0.6) is 5.88 Å². The Morgan fingerprint density at radius 2 is 1.58 bits per heavy atom. The molecule has 0 aromatic carbocycles. The van der Waals surface area contributed by atoms with Crippen molar-refractivity contribution in [1.82, 2.24) is 28.9 Å². The van der Waals surface area contributed by atoms with Gasteiger partial charge in [-0.25, -0.2) is 14.3 Å². The van der Waals surface area contributed by atoms with Crippen LogP contribution in [0.1, 0.15) is 67.5 Å². The van der Waals surface area contributed by atoms with Gasteiger partial charge in [0, 0.05) is 0 Å². The number of anilines is 1. The predicted molar refractivity (Wildman–Crippen MR) is 176 cm³/mol. The summed E-state index contributed by atoms with van der Waals surface area (Å²) in [6.45, 7) is 12.1. The number of imidazole rings is 1. The minimum Gasteiger partial charge on any atom is -0.479 e. The van der Waals surface area contributed by atoms with Gasteiger partial charge in [-0.05, 0) is 59.5 Å². The van der Waals surface area contributed by atoms with Gasteiger partial charge in [0.15, 0.2) is 17.4 Å². The summed E-state index contributed by atoms with van der Waals surface area (Å²) in [7, 11) is 0.0195. The molecule has 0 amide bonds.